The monoisotopic (exact) mass is 299 g/mol. The highest BCUT2D eigenvalue weighted by Gasteiger charge is 2.49. The van der Waals surface area contributed by atoms with Crippen LogP contribution in [0.15, 0.2) is 6.20 Å². The van der Waals surface area contributed by atoms with Gasteiger partial charge in [0.15, 0.2) is 0 Å². The van der Waals surface area contributed by atoms with Crippen molar-refractivity contribution < 1.29 is 5.11 Å². The van der Waals surface area contributed by atoms with Crippen molar-refractivity contribution in [3.05, 3.63) is 16.9 Å². The van der Waals surface area contributed by atoms with Crippen molar-refractivity contribution in [2.75, 3.05) is 20.6 Å². The van der Waals surface area contributed by atoms with Crippen LogP contribution in [0.5, 0.6) is 0 Å². The van der Waals surface area contributed by atoms with Gasteiger partial charge in [0.1, 0.15) is 5.60 Å². The zero-order valence-electron chi connectivity index (χ0n) is 13.0. The van der Waals surface area contributed by atoms with Crippen LogP contribution >= 0.6 is 11.6 Å². The molecule has 20 heavy (non-hydrogen) atoms. The zero-order chi connectivity index (χ0) is 15.0. The number of halogens is 1. The van der Waals surface area contributed by atoms with E-state index in [0.717, 1.165) is 38.0 Å². The molecule has 2 rings (SSSR count). The second kappa shape index (κ2) is 5.66. The Morgan fingerprint density at radius 3 is 2.60 bits per heavy atom. The fraction of sp³-hybridized carbons (Fsp3) is 0.800. The number of hydrogen-bond acceptors (Lipinski definition) is 3. The maximum absolute atomic E-state index is 11.3. The van der Waals surface area contributed by atoms with E-state index in [0.29, 0.717) is 5.02 Å². The first-order valence-corrected chi connectivity index (χ1v) is 7.75. The second-order valence-electron chi connectivity index (χ2n) is 6.82. The Morgan fingerprint density at radius 2 is 2.00 bits per heavy atom. The maximum atomic E-state index is 11.3. The molecule has 0 spiro atoms. The molecule has 0 saturated heterocycles. The minimum atomic E-state index is -0.884. The van der Waals surface area contributed by atoms with Crippen LogP contribution in [0.3, 0.4) is 0 Å². The molecule has 1 aliphatic carbocycles. The van der Waals surface area contributed by atoms with Gasteiger partial charge in [-0.05, 0) is 32.4 Å². The van der Waals surface area contributed by atoms with Crippen LogP contribution in [-0.4, -0.2) is 40.4 Å². The van der Waals surface area contributed by atoms with Gasteiger partial charge in [0, 0.05) is 6.54 Å². The van der Waals surface area contributed by atoms with Gasteiger partial charge < -0.3 is 10.0 Å². The summed E-state index contributed by atoms with van der Waals surface area (Å²) in [6.07, 6.45) is 5.63. The summed E-state index contributed by atoms with van der Waals surface area (Å²) >= 11 is 6.35. The quantitative estimate of drug-likeness (QED) is 0.929. The van der Waals surface area contributed by atoms with Crippen LogP contribution in [0.1, 0.15) is 45.2 Å². The van der Waals surface area contributed by atoms with Gasteiger partial charge in [-0.25, -0.2) is 0 Å². The number of aromatic nitrogens is 2. The molecule has 0 aromatic carbocycles. The van der Waals surface area contributed by atoms with Crippen LogP contribution < -0.4 is 0 Å². The Morgan fingerprint density at radius 1 is 1.35 bits per heavy atom. The summed E-state index contributed by atoms with van der Waals surface area (Å²) < 4.78 is 1.88. The molecule has 1 aromatic rings. The second-order valence-corrected chi connectivity index (χ2v) is 7.23. The number of rotatable bonds is 4. The van der Waals surface area contributed by atoms with Gasteiger partial charge in [-0.3, -0.25) is 4.68 Å². The van der Waals surface area contributed by atoms with Crippen LogP contribution in [0.2, 0.25) is 5.02 Å². The SMILES string of the molecule is CN(C)CCn1ncc(Cl)c1C1(O)CCCCC1(C)C. The molecule has 1 N–H and O–H groups in total. The molecule has 1 unspecified atom stereocenters. The molecule has 4 nitrogen and oxygen atoms in total. The van der Waals surface area contributed by atoms with Gasteiger partial charge in [0.05, 0.1) is 23.5 Å². The lowest BCUT2D eigenvalue weighted by Gasteiger charge is -2.46. The molecule has 0 radical (unpaired) electrons. The van der Waals surface area contributed by atoms with E-state index in [1.165, 1.54) is 6.42 Å². The van der Waals surface area contributed by atoms with Crippen LogP contribution in [0.4, 0.5) is 0 Å². The van der Waals surface area contributed by atoms with E-state index in [1.807, 2.05) is 18.8 Å². The summed E-state index contributed by atoms with van der Waals surface area (Å²) in [7, 11) is 4.06. The van der Waals surface area contributed by atoms with Crippen LogP contribution in [0, 0.1) is 5.41 Å². The van der Waals surface area contributed by atoms with Crippen molar-refractivity contribution in [2.24, 2.45) is 5.41 Å². The molecule has 1 atom stereocenters. The van der Waals surface area contributed by atoms with Crippen molar-refractivity contribution in [3.8, 4) is 0 Å². The van der Waals surface area contributed by atoms with E-state index in [1.54, 1.807) is 6.20 Å². The smallest absolute Gasteiger partial charge is 0.113 e. The lowest BCUT2D eigenvalue weighted by atomic mass is 9.64. The molecule has 0 aliphatic heterocycles. The normalized spacial score (nSPS) is 26.1. The Kier molecular flexibility index (Phi) is 4.47. The summed E-state index contributed by atoms with van der Waals surface area (Å²) in [6.45, 7) is 5.88. The average molecular weight is 300 g/mol. The molecular weight excluding hydrogens is 274 g/mol. The minimum absolute atomic E-state index is 0.176. The minimum Gasteiger partial charge on any atom is -0.383 e. The van der Waals surface area contributed by atoms with Crippen molar-refractivity contribution in [2.45, 2.75) is 51.7 Å². The summed E-state index contributed by atoms with van der Waals surface area (Å²) in [5.74, 6) is 0. The largest absolute Gasteiger partial charge is 0.383 e. The van der Waals surface area contributed by atoms with Crippen molar-refractivity contribution in [1.29, 1.82) is 0 Å². The highest BCUT2D eigenvalue weighted by Crippen LogP contribution is 2.51. The standard InChI is InChI=1S/C15H26ClN3O/c1-14(2)7-5-6-8-15(14,20)13-12(16)11-17-19(13)10-9-18(3)4/h11,20H,5-10H2,1-4H3. The number of aliphatic hydroxyl groups is 1. The van der Waals surface area contributed by atoms with Gasteiger partial charge in [-0.15, -0.1) is 0 Å². The highest BCUT2D eigenvalue weighted by molar-refractivity contribution is 6.31. The molecule has 1 saturated carbocycles. The van der Waals surface area contributed by atoms with Gasteiger partial charge in [-0.2, -0.15) is 5.10 Å². The lowest BCUT2D eigenvalue weighted by Crippen LogP contribution is -2.46. The van der Waals surface area contributed by atoms with Crippen LogP contribution in [0.25, 0.3) is 0 Å². The first-order valence-electron chi connectivity index (χ1n) is 7.37. The Balaban J connectivity index is 2.37. The van der Waals surface area contributed by atoms with E-state index in [9.17, 15) is 5.11 Å². The number of likely N-dealkylation sites (N-methyl/N-ethyl adjacent to an activating group) is 1. The van der Waals surface area contributed by atoms with Gasteiger partial charge in [0.2, 0.25) is 0 Å². The van der Waals surface area contributed by atoms with E-state index in [2.05, 4.69) is 23.8 Å². The van der Waals surface area contributed by atoms with E-state index in [-0.39, 0.29) is 5.41 Å². The molecular formula is C15H26ClN3O. The first-order chi connectivity index (χ1) is 9.28. The van der Waals surface area contributed by atoms with Gasteiger partial charge >= 0.3 is 0 Å². The molecule has 0 amide bonds. The van der Waals surface area contributed by atoms with Gasteiger partial charge in [0.25, 0.3) is 0 Å². The lowest BCUT2D eigenvalue weighted by molar-refractivity contribution is -0.109. The summed E-state index contributed by atoms with van der Waals surface area (Å²) in [5, 5.41) is 16.3. The predicted octanol–water partition coefficient (Wildman–Crippen LogP) is 2.89. The zero-order valence-corrected chi connectivity index (χ0v) is 13.7. The molecule has 5 heteroatoms. The molecule has 1 aliphatic rings. The molecule has 0 bridgehead atoms. The summed E-state index contributed by atoms with van der Waals surface area (Å²) in [5.41, 5.74) is -0.263. The molecule has 1 fully saturated rings. The molecule has 114 valence electrons. The number of hydrogen-bond donors (Lipinski definition) is 1. The van der Waals surface area contributed by atoms with E-state index in [4.69, 9.17) is 11.6 Å². The number of nitrogens with zero attached hydrogens (tertiary/aromatic N) is 3. The Labute approximate surface area is 126 Å². The summed E-state index contributed by atoms with van der Waals surface area (Å²) in [4.78, 5) is 2.11. The fourth-order valence-electron chi connectivity index (χ4n) is 3.17. The van der Waals surface area contributed by atoms with E-state index >= 15 is 0 Å². The van der Waals surface area contributed by atoms with Gasteiger partial charge in [-0.1, -0.05) is 38.3 Å². The molecule has 1 heterocycles. The Hall–Kier alpha value is -0.580. The predicted molar refractivity (Wildman–Crippen MR) is 81.9 cm³/mol. The third kappa shape index (κ3) is 2.74. The average Bonchev–Trinajstić information content (AvgIpc) is 2.72. The van der Waals surface area contributed by atoms with E-state index < -0.39 is 5.60 Å². The highest BCUT2D eigenvalue weighted by atomic mass is 35.5. The van der Waals surface area contributed by atoms with Crippen molar-refractivity contribution in [3.63, 3.8) is 0 Å². The third-order valence-corrected chi connectivity index (χ3v) is 4.93. The van der Waals surface area contributed by atoms with Crippen LogP contribution in [-0.2, 0) is 12.1 Å². The van der Waals surface area contributed by atoms with Crippen molar-refractivity contribution in [1.82, 2.24) is 14.7 Å². The first kappa shape index (κ1) is 15.8. The maximum Gasteiger partial charge on any atom is 0.113 e. The summed E-state index contributed by atoms with van der Waals surface area (Å²) in [6, 6.07) is 0. The Bertz CT molecular complexity index is 470. The topological polar surface area (TPSA) is 41.3 Å². The van der Waals surface area contributed by atoms with Crippen molar-refractivity contribution >= 4 is 11.6 Å². The third-order valence-electron chi connectivity index (χ3n) is 4.66. The fourth-order valence-corrected chi connectivity index (χ4v) is 3.47. The molecule has 1 aromatic heterocycles.